The Labute approximate surface area is 167 Å². The maximum absolute atomic E-state index is 12.8. The third-order valence-corrected chi connectivity index (χ3v) is 4.71. The Morgan fingerprint density at radius 1 is 0.964 bits per heavy atom. The minimum absolute atomic E-state index is 0.121. The fourth-order valence-electron chi connectivity index (χ4n) is 2.84. The fourth-order valence-corrected chi connectivity index (χ4v) is 2.84. The van der Waals surface area contributed by atoms with Crippen molar-refractivity contribution in [2.75, 3.05) is 6.61 Å². The van der Waals surface area contributed by atoms with Gasteiger partial charge in [0.05, 0.1) is 6.61 Å². The van der Waals surface area contributed by atoms with Gasteiger partial charge < -0.3 is 14.8 Å². The van der Waals surface area contributed by atoms with E-state index in [4.69, 9.17) is 9.47 Å². The number of carbonyl (C=O) groups is 2. The van der Waals surface area contributed by atoms with Gasteiger partial charge in [-0.05, 0) is 74.6 Å². The van der Waals surface area contributed by atoms with Gasteiger partial charge in [0.1, 0.15) is 17.5 Å². The summed E-state index contributed by atoms with van der Waals surface area (Å²) in [6.45, 7) is 12.0. The van der Waals surface area contributed by atoms with Crippen molar-refractivity contribution >= 4 is 11.9 Å². The Bertz CT molecular complexity index is 840. The van der Waals surface area contributed by atoms with E-state index in [0.29, 0.717) is 23.7 Å². The second-order valence-electron chi connectivity index (χ2n) is 7.23. The summed E-state index contributed by atoms with van der Waals surface area (Å²) in [6, 6.07) is 10.00. The third kappa shape index (κ3) is 5.12. The van der Waals surface area contributed by atoms with Crippen LogP contribution in [0.15, 0.2) is 36.4 Å². The highest BCUT2D eigenvalue weighted by Gasteiger charge is 2.27. The molecule has 28 heavy (non-hydrogen) atoms. The van der Waals surface area contributed by atoms with Gasteiger partial charge in [0.15, 0.2) is 0 Å². The first kappa shape index (κ1) is 21.5. The molecule has 0 saturated carbocycles. The summed E-state index contributed by atoms with van der Waals surface area (Å²) in [5.74, 6) is 0.349. The topological polar surface area (TPSA) is 64.6 Å². The van der Waals surface area contributed by atoms with Crippen LogP contribution in [-0.4, -0.2) is 24.5 Å². The second kappa shape index (κ2) is 9.40. The quantitative estimate of drug-likeness (QED) is 0.570. The van der Waals surface area contributed by atoms with E-state index in [1.165, 1.54) is 0 Å². The van der Waals surface area contributed by atoms with Gasteiger partial charge in [0.25, 0.3) is 5.91 Å². The summed E-state index contributed by atoms with van der Waals surface area (Å²) >= 11 is 0. The van der Waals surface area contributed by atoms with Crippen LogP contribution in [0.4, 0.5) is 0 Å². The lowest BCUT2D eigenvalue weighted by atomic mass is 10.0. The zero-order chi connectivity index (χ0) is 20.8. The van der Waals surface area contributed by atoms with Gasteiger partial charge in [-0.25, -0.2) is 4.79 Å². The van der Waals surface area contributed by atoms with Crippen LogP contribution in [0.2, 0.25) is 0 Å². The zero-order valence-corrected chi connectivity index (χ0v) is 17.5. The molecule has 5 nitrogen and oxygen atoms in total. The van der Waals surface area contributed by atoms with Gasteiger partial charge >= 0.3 is 5.97 Å². The molecular weight excluding hydrogens is 354 g/mol. The molecule has 0 aliphatic carbocycles. The van der Waals surface area contributed by atoms with Crippen LogP contribution in [-0.2, 0) is 4.79 Å². The van der Waals surface area contributed by atoms with Crippen LogP contribution in [0.5, 0.6) is 11.5 Å². The van der Waals surface area contributed by atoms with Crippen molar-refractivity contribution < 1.29 is 19.1 Å². The summed E-state index contributed by atoms with van der Waals surface area (Å²) in [5.41, 5.74) is 3.32. The Morgan fingerprint density at radius 3 is 2.14 bits per heavy atom. The molecule has 0 heterocycles. The molecule has 0 spiro atoms. The summed E-state index contributed by atoms with van der Waals surface area (Å²) in [4.78, 5) is 25.4. The van der Waals surface area contributed by atoms with E-state index in [0.717, 1.165) is 16.7 Å². The molecule has 5 heteroatoms. The fraction of sp³-hybridized carbons (Fsp3) is 0.391. The Balaban J connectivity index is 2.15. The lowest BCUT2D eigenvalue weighted by Crippen LogP contribution is -2.46. The van der Waals surface area contributed by atoms with E-state index in [-0.39, 0.29) is 11.8 Å². The number of rotatable bonds is 7. The SMILES string of the molecule is CCOc1ccc(C(=O)N[C@H](C(=O)Oc2c(C)ccc(C)c2C)C(C)C)cc1. The van der Waals surface area contributed by atoms with Gasteiger partial charge in [-0.3, -0.25) is 4.79 Å². The summed E-state index contributed by atoms with van der Waals surface area (Å²) in [7, 11) is 0. The highest BCUT2D eigenvalue weighted by Crippen LogP contribution is 2.26. The van der Waals surface area contributed by atoms with E-state index in [2.05, 4.69) is 5.32 Å². The van der Waals surface area contributed by atoms with Gasteiger partial charge in [-0.1, -0.05) is 26.0 Å². The lowest BCUT2D eigenvalue weighted by molar-refractivity contribution is -0.137. The van der Waals surface area contributed by atoms with Crippen LogP contribution in [0.3, 0.4) is 0 Å². The van der Waals surface area contributed by atoms with Crippen molar-refractivity contribution in [1.82, 2.24) is 5.32 Å². The molecule has 0 aromatic heterocycles. The average Bonchev–Trinajstić information content (AvgIpc) is 2.66. The average molecular weight is 383 g/mol. The second-order valence-corrected chi connectivity index (χ2v) is 7.23. The summed E-state index contributed by atoms with van der Waals surface area (Å²) in [5, 5.41) is 2.80. The standard InChI is InChI=1S/C23H29NO4/c1-7-27-19-12-10-18(11-13-19)22(25)24-20(14(2)3)23(26)28-21-16(5)9-8-15(4)17(21)6/h8-14,20H,7H2,1-6H3,(H,24,25)/t20-/m0/s1. The van der Waals surface area contributed by atoms with Crippen LogP contribution in [0.1, 0.15) is 47.8 Å². The monoisotopic (exact) mass is 383 g/mol. The Hall–Kier alpha value is -2.82. The molecular formula is C23H29NO4. The van der Waals surface area contributed by atoms with Crippen LogP contribution in [0, 0.1) is 26.7 Å². The van der Waals surface area contributed by atoms with Crippen molar-refractivity contribution in [3.8, 4) is 11.5 Å². The van der Waals surface area contributed by atoms with Crippen molar-refractivity contribution in [2.45, 2.75) is 47.6 Å². The van der Waals surface area contributed by atoms with Crippen molar-refractivity contribution in [3.05, 3.63) is 58.7 Å². The smallest absolute Gasteiger partial charge is 0.334 e. The number of benzene rings is 2. The molecule has 0 aliphatic rings. The van der Waals surface area contributed by atoms with Crippen LogP contribution < -0.4 is 14.8 Å². The molecule has 0 saturated heterocycles. The number of carbonyl (C=O) groups excluding carboxylic acids is 2. The molecule has 1 amide bonds. The predicted octanol–water partition coefficient (Wildman–Crippen LogP) is 4.37. The van der Waals surface area contributed by atoms with Crippen LogP contribution in [0.25, 0.3) is 0 Å². The van der Waals surface area contributed by atoms with E-state index in [1.807, 2.05) is 53.7 Å². The molecule has 2 aromatic rings. The molecule has 150 valence electrons. The molecule has 0 unspecified atom stereocenters. The summed E-state index contributed by atoms with van der Waals surface area (Å²) < 4.78 is 11.1. The molecule has 2 rings (SSSR count). The number of esters is 1. The van der Waals surface area contributed by atoms with Gasteiger partial charge in [-0.15, -0.1) is 0 Å². The van der Waals surface area contributed by atoms with Crippen molar-refractivity contribution in [2.24, 2.45) is 5.92 Å². The highest BCUT2D eigenvalue weighted by molar-refractivity contribution is 5.97. The maximum Gasteiger partial charge on any atom is 0.334 e. The Kier molecular flexibility index (Phi) is 7.21. The van der Waals surface area contributed by atoms with E-state index >= 15 is 0 Å². The van der Waals surface area contributed by atoms with Gasteiger partial charge in [-0.2, -0.15) is 0 Å². The maximum atomic E-state index is 12.8. The number of hydrogen-bond acceptors (Lipinski definition) is 4. The first-order valence-corrected chi connectivity index (χ1v) is 9.56. The Morgan fingerprint density at radius 2 is 1.57 bits per heavy atom. The largest absolute Gasteiger partial charge is 0.494 e. The zero-order valence-electron chi connectivity index (χ0n) is 17.5. The van der Waals surface area contributed by atoms with E-state index < -0.39 is 12.0 Å². The van der Waals surface area contributed by atoms with Gasteiger partial charge in [0.2, 0.25) is 0 Å². The number of hydrogen-bond donors (Lipinski definition) is 1. The number of amides is 1. The first-order chi connectivity index (χ1) is 13.2. The molecule has 1 N–H and O–H groups in total. The normalized spacial score (nSPS) is 11.8. The minimum Gasteiger partial charge on any atom is -0.494 e. The third-order valence-electron chi connectivity index (χ3n) is 4.71. The predicted molar refractivity (Wildman–Crippen MR) is 110 cm³/mol. The molecule has 2 aromatic carbocycles. The van der Waals surface area contributed by atoms with Crippen molar-refractivity contribution in [1.29, 1.82) is 0 Å². The number of nitrogens with one attached hydrogen (secondary N) is 1. The summed E-state index contributed by atoms with van der Waals surface area (Å²) in [6.07, 6.45) is 0. The van der Waals surface area contributed by atoms with Crippen molar-refractivity contribution in [3.63, 3.8) is 0 Å². The molecule has 0 radical (unpaired) electrons. The number of aryl methyl sites for hydroxylation is 2. The van der Waals surface area contributed by atoms with E-state index in [1.54, 1.807) is 24.3 Å². The van der Waals surface area contributed by atoms with E-state index in [9.17, 15) is 9.59 Å². The molecule has 0 fully saturated rings. The molecule has 0 aliphatic heterocycles. The number of ether oxygens (including phenoxy) is 2. The minimum atomic E-state index is -0.751. The highest BCUT2D eigenvalue weighted by atomic mass is 16.5. The first-order valence-electron chi connectivity index (χ1n) is 9.56. The lowest BCUT2D eigenvalue weighted by Gasteiger charge is -2.22. The molecule has 0 bridgehead atoms. The molecule has 1 atom stereocenters. The van der Waals surface area contributed by atoms with Crippen LogP contribution >= 0.6 is 0 Å². The van der Waals surface area contributed by atoms with Gasteiger partial charge in [0, 0.05) is 5.56 Å².